The van der Waals surface area contributed by atoms with Crippen LogP contribution in [0.1, 0.15) is 5.56 Å². The number of carbonyl (C=O) groups excluding carboxylic acids is 1. The molecular weight excluding hydrogens is 388 g/mol. The number of hydrogen-bond donors (Lipinski definition) is 2. The van der Waals surface area contributed by atoms with Crippen LogP contribution in [0.5, 0.6) is 11.5 Å². The zero-order valence-corrected chi connectivity index (χ0v) is 15.4. The second kappa shape index (κ2) is 10.6. The normalized spacial score (nSPS) is 10.8. The van der Waals surface area contributed by atoms with Crippen molar-refractivity contribution in [1.29, 1.82) is 0 Å². The summed E-state index contributed by atoms with van der Waals surface area (Å²) >= 11 is 0. The summed E-state index contributed by atoms with van der Waals surface area (Å²) in [6.07, 6.45) is 2.54. The number of benzene rings is 2. The van der Waals surface area contributed by atoms with Crippen LogP contribution in [-0.4, -0.2) is 37.6 Å². The van der Waals surface area contributed by atoms with Crippen LogP contribution in [0.2, 0.25) is 0 Å². The largest absolute Gasteiger partial charge is 0.493 e. The Labute approximate surface area is 165 Å². The highest BCUT2D eigenvalue weighted by atomic mass is 19.3. The number of nitrogens with one attached hydrogen (secondary N) is 2. The molecule has 0 unspecified atom stereocenters. The molecule has 2 aromatic rings. The summed E-state index contributed by atoms with van der Waals surface area (Å²) in [6, 6.07) is 10.4. The molecule has 2 rings (SSSR count). The molecule has 0 saturated carbocycles. The third kappa shape index (κ3) is 6.76. The Morgan fingerprint density at radius 2 is 1.93 bits per heavy atom. The summed E-state index contributed by atoms with van der Waals surface area (Å²) in [5.41, 5.74) is 0.927. The molecule has 10 heteroatoms. The summed E-state index contributed by atoms with van der Waals surface area (Å²) in [4.78, 5) is 22.0. The Morgan fingerprint density at radius 1 is 1.21 bits per heavy atom. The zero-order valence-electron chi connectivity index (χ0n) is 15.4. The van der Waals surface area contributed by atoms with Crippen LogP contribution in [0.15, 0.2) is 48.5 Å². The van der Waals surface area contributed by atoms with Gasteiger partial charge in [0.25, 0.3) is 5.69 Å². The fraction of sp³-hybridized carbons (Fsp3) is 0.211. The summed E-state index contributed by atoms with van der Waals surface area (Å²) in [6.45, 7) is -2.37. The van der Waals surface area contributed by atoms with Gasteiger partial charge in [-0.2, -0.15) is 8.78 Å². The van der Waals surface area contributed by atoms with Gasteiger partial charge in [-0.15, -0.1) is 0 Å². The molecule has 8 nitrogen and oxygen atoms in total. The van der Waals surface area contributed by atoms with Crippen LogP contribution in [0.4, 0.5) is 20.2 Å². The van der Waals surface area contributed by atoms with E-state index in [2.05, 4.69) is 15.4 Å². The first-order chi connectivity index (χ1) is 13.9. The molecule has 2 aromatic carbocycles. The maximum absolute atomic E-state index is 12.6. The number of alkyl halides is 2. The van der Waals surface area contributed by atoms with Crippen molar-refractivity contribution in [2.45, 2.75) is 6.61 Å². The number of non-ortho nitro benzene ring substituents is 1. The number of para-hydroxylation sites is 1. The Bertz CT molecular complexity index is 873. The van der Waals surface area contributed by atoms with Gasteiger partial charge in [-0.05, 0) is 24.3 Å². The molecule has 0 saturated heterocycles. The van der Waals surface area contributed by atoms with E-state index in [-0.39, 0.29) is 29.3 Å². The lowest BCUT2D eigenvalue weighted by Crippen LogP contribution is -2.27. The summed E-state index contributed by atoms with van der Waals surface area (Å²) < 4.78 is 34.7. The monoisotopic (exact) mass is 407 g/mol. The van der Waals surface area contributed by atoms with Crippen LogP contribution >= 0.6 is 0 Å². The molecule has 0 atom stereocenters. The van der Waals surface area contributed by atoms with Gasteiger partial charge in [0.05, 0.1) is 12.0 Å². The Kier molecular flexibility index (Phi) is 7.89. The molecule has 0 spiro atoms. The first kappa shape index (κ1) is 21.6. The molecule has 0 bridgehead atoms. The smallest absolute Gasteiger partial charge is 0.387 e. The predicted octanol–water partition coefficient (Wildman–Crippen LogP) is 3.45. The minimum atomic E-state index is -3.03. The highest BCUT2D eigenvalue weighted by Gasteiger charge is 2.14. The lowest BCUT2D eigenvalue weighted by atomic mass is 10.1. The van der Waals surface area contributed by atoms with Crippen molar-refractivity contribution in [3.8, 4) is 11.5 Å². The van der Waals surface area contributed by atoms with E-state index in [1.54, 1.807) is 18.2 Å². The van der Waals surface area contributed by atoms with Crippen LogP contribution in [0, 0.1) is 10.1 Å². The van der Waals surface area contributed by atoms with Crippen molar-refractivity contribution in [3.05, 3.63) is 64.2 Å². The van der Waals surface area contributed by atoms with Crippen molar-refractivity contribution < 1.29 is 28.0 Å². The number of rotatable bonds is 10. The van der Waals surface area contributed by atoms with Crippen molar-refractivity contribution in [3.63, 3.8) is 0 Å². The molecule has 0 fully saturated rings. The average molecular weight is 407 g/mol. The lowest BCUT2D eigenvalue weighted by Gasteiger charge is -2.12. The molecule has 0 heterocycles. The van der Waals surface area contributed by atoms with E-state index in [0.717, 1.165) is 0 Å². The van der Waals surface area contributed by atoms with Crippen molar-refractivity contribution in [1.82, 2.24) is 5.32 Å². The third-order valence-electron chi connectivity index (χ3n) is 3.68. The van der Waals surface area contributed by atoms with E-state index >= 15 is 0 Å². The fourth-order valence-corrected chi connectivity index (χ4v) is 2.36. The molecule has 0 aliphatic heterocycles. The van der Waals surface area contributed by atoms with Gasteiger partial charge >= 0.3 is 6.61 Å². The van der Waals surface area contributed by atoms with E-state index in [9.17, 15) is 23.7 Å². The SMILES string of the molecule is COc1cccc(/C=C/C(=O)NCCNc2ccc([N+](=O)[O-])cc2)c1OC(F)F. The van der Waals surface area contributed by atoms with Crippen LogP contribution in [-0.2, 0) is 4.79 Å². The van der Waals surface area contributed by atoms with Gasteiger partial charge in [0.2, 0.25) is 5.91 Å². The minimum absolute atomic E-state index is 0.0123. The molecule has 0 radical (unpaired) electrons. The van der Waals surface area contributed by atoms with E-state index in [1.165, 1.54) is 43.5 Å². The third-order valence-corrected chi connectivity index (χ3v) is 3.68. The van der Waals surface area contributed by atoms with Crippen molar-refractivity contribution in [2.24, 2.45) is 0 Å². The highest BCUT2D eigenvalue weighted by molar-refractivity contribution is 5.92. The van der Waals surface area contributed by atoms with Crippen LogP contribution < -0.4 is 20.1 Å². The minimum Gasteiger partial charge on any atom is -0.493 e. The first-order valence-corrected chi connectivity index (χ1v) is 8.46. The number of halogens is 2. The fourth-order valence-electron chi connectivity index (χ4n) is 2.36. The van der Waals surface area contributed by atoms with E-state index < -0.39 is 17.4 Å². The second-order valence-electron chi connectivity index (χ2n) is 5.61. The zero-order chi connectivity index (χ0) is 21.2. The summed E-state index contributed by atoms with van der Waals surface area (Å²) in [7, 11) is 1.33. The van der Waals surface area contributed by atoms with Gasteiger partial charge < -0.3 is 20.1 Å². The number of amides is 1. The number of nitro benzene ring substituents is 1. The topological polar surface area (TPSA) is 103 Å². The van der Waals surface area contributed by atoms with Crippen LogP contribution in [0.3, 0.4) is 0 Å². The quantitative estimate of drug-likeness (QED) is 0.271. The molecule has 0 aliphatic carbocycles. The summed E-state index contributed by atoms with van der Waals surface area (Å²) in [5, 5.41) is 16.2. The van der Waals surface area contributed by atoms with Gasteiger partial charge in [0.15, 0.2) is 11.5 Å². The van der Waals surface area contributed by atoms with E-state index in [4.69, 9.17) is 4.74 Å². The predicted molar refractivity (Wildman–Crippen MR) is 103 cm³/mol. The molecule has 29 heavy (non-hydrogen) atoms. The average Bonchev–Trinajstić information content (AvgIpc) is 2.70. The van der Waals surface area contributed by atoms with Crippen molar-refractivity contribution >= 4 is 23.4 Å². The molecule has 154 valence electrons. The molecule has 2 N–H and O–H groups in total. The van der Waals surface area contributed by atoms with Crippen LogP contribution in [0.25, 0.3) is 6.08 Å². The Balaban J connectivity index is 1.86. The number of methoxy groups -OCH3 is 1. The number of nitro groups is 1. The first-order valence-electron chi connectivity index (χ1n) is 8.46. The number of hydrogen-bond acceptors (Lipinski definition) is 6. The molecule has 0 aliphatic rings. The van der Waals surface area contributed by atoms with Gasteiger partial charge in [-0.1, -0.05) is 12.1 Å². The van der Waals surface area contributed by atoms with E-state index in [1.807, 2.05) is 0 Å². The number of carbonyl (C=O) groups is 1. The summed E-state index contributed by atoms with van der Waals surface area (Å²) in [5.74, 6) is -0.463. The Hall–Kier alpha value is -3.69. The number of anilines is 1. The lowest BCUT2D eigenvalue weighted by molar-refractivity contribution is -0.384. The highest BCUT2D eigenvalue weighted by Crippen LogP contribution is 2.33. The second-order valence-corrected chi connectivity index (χ2v) is 5.61. The number of nitrogens with zero attached hydrogens (tertiary/aromatic N) is 1. The maximum atomic E-state index is 12.6. The van der Waals surface area contributed by atoms with Gasteiger partial charge in [-0.3, -0.25) is 14.9 Å². The standard InChI is InChI=1S/C19H19F2N3O5/c1-28-16-4-2-3-13(18(16)29-19(20)21)5-10-17(25)23-12-11-22-14-6-8-15(9-7-14)24(26)27/h2-10,19,22H,11-12H2,1H3,(H,23,25)/b10-5+. The molecular formula is C19H19F2N3O5. The van der Waals surface area contributed by atoms with Crippen molar-refractivity contribution in [2.75, 3.05) is 25.5 Å². The van der Waals surface area contributed by atoms with Gasteiger partial charge in [-0.25, -0.2) is 0 Å². The number of ether oxygens (including phenoxy) is 2. The Morgan fingerprint density at radius 3 is 2.55 bits per heavy atom. The van der Waals surface area contributed by atoms with E-state index in [0.29, 0.717) is 12.2 Å². The molecule has 1 amide bonds. The molecule has 0 aromatic heterocycles. The van der Waals surface area contributed by atoms with Gasteiger partial charge in [0.1, 0.15) is 0 Å². The van der Waals surface area contributed by atoms with Gasteiger partial charge in [0, 0.05) is 42.5 Å². The maximum Gasteiger partial charge on any atom is 0.387 e.